The van der Waals surface area contributed by atoms with Crippen LogP contribution in [0.5, 0.6) is 0 Å². The standard InChI is InChI=1S/C16H28N4/c1-4-9-14-15(17-3)18-12-19-16(14)20(5-2)13-10-7-6-8-11-13/h12-13H,4-11H2,1-3H3,(H,17,18,19). The summed E-state index contributed by atoms with van der Waals surface area (Å²) in [5.41, 5.74) is 1.28. The average Bonchev–Trinajstić information content (AvgIpc) is 2.50. The van der Waals surface area contributed by atoms with E-state index in [9.17, 15) is 0 Å². The molecule has 1 heterocycles. The second-order valence-electron chi connectivity index (χ2n) is 5.60. The molecule has 1 N–H and O–H groups in total. The van der Waals surface area contributed by atoms with E-state index >= 15 is 0 Å². The summed E-state index contributed by atoms with van der Waals surface area (Å²) < 4.78 is 0. The lowest BCUT2D eigenvalue weighted by molar-refractivity contribution is 0.415. The molecule has 4 nitrogen and oxygen atoms in total. The van der Waals surface area contributed by atoms with Gasteiger partial charge in [-0.1, -0.05) is 32.6 Å². The highest BCUT2D eigenvalue weighted by atomic mass is 15.2. The Labute approximate surface area is 123 Å². The second-order valence-corrected chi connectivity index (χ2v) is 5.60. The van der Waals surface area contributed by atoms with E-state index in [2.05, 4.69) is 34.0 Å². The van der Waals surface area contributed by atoms with Crippen LogP contribution in [0.15, 0.2) is 6.33 Å². The highest BCUT2D eigenvalue weighted by molar-refractivity contribution is 5.59. The van der Waals surface area contributed by atoms with Crippen LogP contribution < -0.4 is 10.2 Å². The van der Waals surface area contributed by atoms with Crippen LogP contribution in [-0.4, -0.2) is 29.6 Å². The summed E-state index contributed by atoms with van der Waals surface area (Å²) in [5, 5.41) is 3.22. The molecule has 4 heteroatoms. The molecule has 0 unspecified atom stereocenters. The Balaban J connectivity index is 2.32. The summed E-state index contributed by atoms with van der Waals surface area (Å²) in [6.45, 7) is 5.49. The summed E-state index contributed by atoms with van der Waals surface area (Å²) in [4.78, 5) is 11.5. The molecule has 0 spiro atoms. The summed E-state index contributed by atoms with van der Waals surface area (Å²) >= 11 is 0. The van der Waals surface area contributed by atoms with E-state index in [1.165, 1.54) is 37.7 Å². The molecule has 0 saturated heterocycles. The van der Waals surface area contributed by atoms with Gasteiger partial charge in [0.2, 0.25) is 0 Å². The van der Waals surface area contributed by atoms with Gasteiger partial charge >= 0.3 is 0 Å². The number of aromatic nitrogens is 2. The van der Waals surface area contributed by atoms with Crippen molar-refractivity contribution in [3.8, 4) is 0 Å². The lowest BCUT2D eigenvalue weighted by atomic mass is 9.93. The number of nitrogens with one attached hydrogen (secondary N) is 1. The fourth-order valence-electron chi connectivity index (χ4n) is 3.32. The van der Waals surface area contributed by atoms with Crippen molar-refractivity contribution in [1.82, 2.24) is 9.97 Å². The van der Waals surface area contributed by atoms with Crippen LogP contribution in [0.2, 0.25) is 0 Å². The van der Waals surface area contributed by atoms with Gasteiger partial charge in [-0.15, -0.1) is 0 Å². The van der Waals surface area contributed by atoms with Crippen LogP contribution in [-0.2, 0) is 6.42 Å². The van der Waals surface area contributed by atoms with Crippen LogP contribution in [0.1, 0.15) is 57.9 Å². The zero-order chi connectivity index (χ0) is 14.4. The largest absolute Gasteiger partial charge is 0.373 e. The third-order valence-electron chi connectivity index (χ3n) is 4.29. The van der Waals surface area contributed by atoms with Crippen molar-refractivity contribution < 1.29 is 0 Å². The smallest absolute Gasteiger partial charge is 0.137 e. The minimum atomic E-state index is 0.656. The van der Waals surface area contributed by atoms with E-state index in [0.717, 1.165) is 31.0 Å². The molecule has 0 bridgehead atoms. The molecule has 1 saturated carbocycles. The van der Waals surface area contributed by atoms with Gasteiger partial charge in [-0.05, 0) is 26.2 Å². The quantitative estimate of drug-likeness (QED) is 0.861. The Bertz CT molecular complexity index is 413. The Morgan fingerprint density at radius 1 is 1.20 bits per heavy atom. The van der Waals surface area contributed by atoms with Crippen LogP contribution >= 0.6 is 0 Å². The van der Waals surface area contributed by atoms with Gasteiger partial charge in [0.05, 0.1) is 0 Å². The highest BCUT2D eigenvalue weighted by Gasteiger charge is 2.24. The first-order valence-electron chi connectivity index (χ1n) is 8.10. The van der Waals surface area contributed by atoms with Gasteiger partial charge in [-0.3, -0.25) is 0 Å². The molecule has 0 aromatic carbocycles. The van der Waals surface area contributed by atoms with Crippen LogP contribution in [0, 0.1) is 0 Å². The topological polar surface area (TPSA) is 41.1 Å². The highest BCUT2D eigenvalue weighted by Crippen LogP contribution is 2.30. The minimum Gasteiger partial charge on any atom is -0.373 e. The van der Waals surface area contributed by atoms with Crippen molar-refractivity contribution >= 4 is 11.6 Å². The van der Waals surface area contributed by atoms with Crippen molar-refractivity contribution in [2.24, 2.45) is 0 Å². The molecule has 0 aliphatic heterocycles. The Kier molecular flexibility index (Phi) is 5.62. The van der Waals surface area contributed by atoms with Crippen molar-refractivity contribution in [3.63, 3.8) is 0 Å². The van der Waals surface area contributed by atoms with Gasteiger partial charge in [0.25, 0.3) is 0 Å². The molecule has 1 aliphatic carbocycles. The van der Waals surface area contributed by atoms with Crippen molar-refractivity contribution in [3.05, 3.63) is 11.9 Å². The zero-order valence-corrected chi connectivity index (χ0v) is 13.2. The lowest BCUT2D eigenvalue weighted by Gasteiger charge is -2.35. The fourth-order valence-corrected chi connectivity index (χ4v) is 3.32. The van der Waals surface area contributed by atoms with E-state index in [1.807, 2.05) is 7.05 Å². The molecular formula is C16H28N4. The molecule has 1 aromatic rings. The van der Waals surface area contributed by atoms with E-state index in [1.54, 1.807) is 6.33 Å². The average molecular weight is 276 g/mol. The van der Waals surface area contributed by atoms with Crippen LogP contribution in [0.3, 0.4) is 0 Å². The Morgan fingerprint density at radius 3 is 2.55 bits per heavy atom. The zero-order valence-electron chi connectivity index (χ0n) is 13.2. The molecule has 0 atom stereocenters. The van der Waals surface area contributed by atoms with E-state index in [0.29, 0.717) is 6.04 Å². The maximum atomic E-state index is 4.63. The lowest BCUT2D eigenvalue weighted by Crippen LogP contribution is -2.38. The molecule has 1 fully saturated rings. The first-order valence-corrected chi connectivity index (χ1v) is 8.10. The molecule has 1 aliphatic rings. The molecular weight excluding hydrogens is 248 g/mol. The second kappa shape index (κ2) is 7.46. The van der Waals surface area contributed by atoms with Gasteiger partial charge in [0, 0.05) is 25.2 Å². The SMILES string of the molecule is CCCc1c(NC)ncnc1N(CC)C1CCCCC1. The van der Waals surface area contributed by atoms with E-state index < -0.39 is 0 Å². The van der Waals surface area contributed by atoms with E-state index in [4.69, 9.17) is 0 Å². The molecule has 112 valence electrons. The van der Waals surface area contributed by atoms with Crippen molar-refractivity contribution in [2.45, 2.75) is 64.8 Å². The van der Waals surface area contributed by atoms with Crippen molar-refractivity contribution in [2.75, 3.05) is 23.8 Å². The molecule has 2 rings (SSSR count). The normalized spacial score (nSPS) is 16.1. The minimum absolute atomic E-state index is 0.656. The first kappa shape index (κ1) is 15.1. The number of hydrogen-bond acceptors (Lipinski definition) is 4. The van der Waals surface area contributed by atoms with Gasteiger partial charge < -0.3 is 10.2 Å². The number of hydrogen-bond donors (Lipinski definition) is 1. The third kappa shape index (κ3) is 3.22. The van der Waals surface area contributed by atoms with Gasteiger partial charge in [0.15, 0.2) is 0 Å². The monoisotopic (exact) mass is 276 g/mol. The van der Waals surface area contributed by atoms with E-state index in [-0.39, 0.29) is 0 Å². The van der Waals surface area contributed by atoms with Gasteiger partial charge in [-0.25, -0.2) is 9.97 Å². The summed E-state index contributed by atoms with van der Waals surface area (Å²) in [6, 6.07) is 0.656. The summed E-state index contributed by atoms with van der Waals surface area (Å²) in [6.07, 6.45) is 10.6. The molecule has 20 heavy (non-hydrogen) atoms. The number of nitrogens with zero attached hydrogens (tertiary/aromatic N) is 3. The predicted molar refractivity (Wildman–Crippen MR) is 85.5 cm³/mol. The third-order valence-corrected chi connectivity index (χ3v) is 4.29. The molecule has 0 amide bonds. The Morgan fingerprint density at radius 2 is 1.95 bits per heavy atom. The number of anilines is 2. The maximum absolute atomic E-state index is 4.63. The molecule has 0 radical (unpaired) electrons. The van der Waals surface area contributed by atoms with Crippen LogP contribution in [0.25, 0.3) is 0 Å². The number of rotatable bonds is 6. The van der Waals surface area contributed by atoms with Crippen LogP contribution in [0.4, 0.5) is 11.6 Å². The van der Waals surface area contributed by atoms with Crippen molar-refractivity contribution in [1.29, 1.82) is 0 Å². The van der Waals surface area contributed by atoms with Gasteiger partial charge in [-0.2, -0.15) is 0 Å². The fraction of sp³-hybridized carbons (Fsp3) is 0.750. The summed E-state index contributed by atoms with van der Waals surface area (Å²) in [7, 11) is 1.95. The van der Waals surface area contributed by atoms with Gasteiger partial charge in [0.1, 0.15) is 18.0 Å². The predicted octanol–water partition coefficient (Wildman–Crippen LogP) is 3.63. The first-order chi connectivity index (χ1) is 9.81. The summed E-state index contributed by atoms with van der Waals surface area (Å²) in [5.74, 6) is 2.15. The maximum Gasteiger partial charge on any atom is 0.137 e. The molecule has 1 aromatic heterocycles. The Hall–Kier alpha value is -1.32.